The molecule has 1 fully saturated rings. The Balaban J connectivity index is 1.98. The van der Waals surface area contributed by atoms with E-state index in [2.05, 4.69) is 10.2 Å². The molecule has 1 aromatic carbocycles. The summed E-state index contributed by atoms with van der Waals surface area (Å²) in [7, 11) is 0. The van der Waals surface area contributed by atoms with Gasteiger partial charge in [-0.25, -0.2) is 4.39 Å². The van der Waals surface area contributed by atoms with E-state index in [1.54, 1.807) is 6.07 Å². The first-order chi connectivity index (χ1) is 9.19. The topological polar surface area (TPSA) is 35.5 Å². The van der Waals surface area contributed by atoms with Crippen LogP contribution in [0.3, 0.4) is 0 Å². The Labute approximate surface area is 118 Å². The molecule has 2 N–H and O–H groups in total. The van der Waals surface area contributed by atoms with Gasteiger partial charge in [-0.15, -0.1) is 0 Å². The van der Waals surface area contributed by atoms with Crippen molar-refractivity contribution in [2.24, 2.45) is 0 Å². The number of halogens is 2. The zero-order chi connectivity index (χ0) is 13.7. The summed E-state index contributed by atoms with van der Waals surface area (Å²) in [5, 5.41) is 13.0. The average Bonchev–Trinajstić information content (AvgIpc) is 2.86. The predicted molar refractivity (Wildman–Crippen MR) is 74.8 cm³/mol. The Morgan fingerprint density at radius 3 is 2.95 bits per heavy atom. The van der Waals surface area contributed by atoms with Gasteiger partial charge in [-0.2, -0.15) is 0 Å². The SMILES string of the molecule is OCCN(Cc1ccc(F)cc1Cl)CC1CCCN1. The highest BCUT2D eigenvalue weighted by atomic mass is 35.5. The monoisotopic (exact) mass is 286 g/mol. The van der Waals surface area contributed by atoms with Crippen LogP contribution in [0.5, 0.6) is 0 Å². The van der Waals surface area contributed by atoms with Gasteiger partial charge >= 0.3 is 0 Å². The molecule has 1 aromatic rings. The second-order valence-corrected chi connectivity index (χ2v) is 5.39. The zero-order valence-electron chi connectivity index (χ0n) is 10.9. The molecule has 0 radical (unpaired) electrons. The minimum absolute atomic E-state index is 0.117. The van der Waals surface area contributed by atoms with Crippen LogP contribution in [0, 0.1) is 5.82 Å². The summed E-state index contributed by atoms with van der Waals surface area (Å²) >= 11 is 6.05. The van der Waals surface area contributed by atoms with E-state index in [0.717, 1.165) is 18.7 Å². The summed E-state index contributed by atoms with van der Waals surface area (Å²) in [6.45, 7) is 3.30. The van der Waals surface area contributed by atoms with Crippen LogP contribution >= 0.6 is 11.6 Å². The summed E-state index contributed by atoms with van der Waals surface area (Å²) < 4.78 is 13.0. The molecule has 0 spiro atoms. The Hall–Kier alpha value is -0.680. The maximum Gasteiger partial charge on any atom is 0.124 e. The summed E-state index contributed by atoms with van der Waals surface area (Å²) in [6, 6.07) is 4.95. The van der Waals surface area contributed by atoms with Crippen molar-refractivity contribution >= 4 is 11.6 Å². The number of aliphatic hydroxyl groups excluding tert-OH is 1. The van der Waals surface area contributed by atoms with Crippen LogP contribution in [-0.4, -0.2) is 42.3 Å². The van der Waals surface area contributed by atoms with Gasteiger partial charge in [-0.3, -0.25) is 4.90 Å². The first-order valence-corrected chi connectivity index (χ1v) is 7.07. The first kappa shape index (κ1) is 14.7. The summed E-state index contributed by atoms with van der Waals surface area (Å²) in [5.41, 5.74) is 0.898. The van der Waals surface area contributed by atoms with E-state index in [4.69, 9.17) is 16.7 Å². The zero-order valence-corrected chi connectivity index (χ0v) is 11.7. The molecule has 19 heavy (non-hydrogen) atoms. The van der Waals surface area contributed by atoms with Gasteiger partial charge in [0.25, 0.3) is 0 Å². The minimum atomic E-state index is -0.320. The molecule has 1 saturated heterocycles. The van der Waals surface area contributed by atoms with Crippen molar-refractivity contribution in [1.29, 1.82) is 0 Å². The van der Waals surface area contributed by atoms with E-state index in [1.165, 1.54) is 25.0 Å². The van der Waals surface area contributed by atoms with E-state index in [0.29, 0.717) is 24.2 Å². The van der Waals surface area contributed by atoms with Gasteiger partial charge in [0.15, 0.2) is 0 Å². The van der Waals surface area contributed by atoms with Gasteiger partial charge in [0.1, 0.15) is 5.82 Å². The molecule has 2 rings (SSSR count). The number of benzene rings is 1. The van der Waals surface area contributed by atoms with Gasteiger partial charge in [-0.1, -0.05) is 17.7 Å². The summed E-state index contributed by atoms with van der Waals surface area (Å²) in [5.74, 6) is -0.320. The minimum Gasteiger partial charge on any atom is -0.395 e. The highest BCUT2D eigenvalue weighted by Gasteiger charge is 2.18. The Kier molecular flexibility index (Phi) is 5.58. The largest absolute Gasteiger partial charge is 0.395 e. The summed E-state index contributed by atoms with van der Waals surface area (Å²) in [4.78, 5) is 2.15. The van der Waals surface area contributed by atoms with Gasteiger partial charge in [0.05, 0.1) is 6.61 Å². The maximum atomic E-state index is 13.0. The van der Waals surface area contributed by atoms with Crippen LogP contribution in [0.15, 0.2) is 18.2 Å². The van der Waals surface area contributed by atoms with Crippen LogP contribution in [0.25, 0.3) is 0 Å². The lowest BCUT2D eigenvalue weighted by atomic mass is 10.1. The number of hydrogen-bond acceptors (Lipinski definition) is 3. The molecular formula is C14H20ClFN2O. The molecule has 3 nitrogen and oxygen atoms in total. The number of aliphatic hydroxyl groups is 1. The van der Waals surface area contributed by atoms with Crippen molar-refractivity contribution < 1.29 is 9.50 Å². The number of rotatable bonds is 6. The van der Waals surface area contributed by atoms with E-state index in [1.807, 2.05) is 0 Å². The maximum absolute atomic E-state index is 13.0. The summed E-state index contributed by atoms with van der Waals surface area (Å²) in [6.07, 6.45) is 2.37. The van der Waals surface area contributed by atoms with Crippen LogP contribution in [0.2, 0.25) is 5.02 Å². The molecule has 1 aliphatic heterocycles. The molecule has 0 amide bonds. The van der Waals surface area contributed by atoms with Gasteiger partial charge in [0, 0.05) is 30.7 Å². The molecule has 1 heterocycles. The first-order valence-electron chi connectivity index (χ1n) is 6.69. The van der Waals surface area contributed by atoms with Crippen molar-refractivity contribution in [3.63, 3.8) is 0 Å². The fourth-order valence-corrected chi connectivity index (χ4v) is 2.72. The fraction of sp³-hybridized carbons (Fsp3) is 0.571. The molecule has 1 atom stereocenters. The van der Waals surface area contributed by atoms with Crippen molar-refractivity contribution in [3.05, 3.63) is 34.6 Å². The second-order valence-electron chi connectivity index (χ2n) is 4.99. The standard InChI is InChI=1S/C14H20ClFN2O/c15-14-8-12(16)4-3-11(14)9-18(6-7-19)10-13-2-1-5-17-13/h3-4,8,13,17,19H,1-2,5-7,9-10H2. The van der Waals surface area contributed by atoms with E-state index >= 15 is 0 Å². The van der Waals surface area contributed by atoms with Crippen molar-refractivity contribution in [1.82, 2.24) is 10.2 Å². The van der Waals surface area contributed by atoms with Crippen LogP contribution in [-0.2, 0) is 6.54 Å². The van der Waals surface area contributed by atoms with E-state index < -0.39 is 0 Å². The van der Waals surface area contributed by atoms with Crippen LogP contribution in [0.1, 0.15) is 18.4 Å². The lowest BCUT2D eigenvalue weighted by molar-refractivity contribution is 0.179. The van der Waals surface area contributed by atoms with Gasteiger partial charge in [-0.05, 0) is 37.1 Å². The molecule has 1 aliphatic rings. The van der Waals surface area contributed by atoms with Crippen LogP contribution < -0.4 is 5.32 Å². The molecule has 1 unspecified atom stereocenters. The average molecular weight is 287 g/mol. The van der Waals surface area contributed by atoms with E-state index in [9.17, 15) is 4.39 Å². The quantitative estimate of drug-likeness (QED) is 0.840. The predicted octanol–water partition coefficient (Wildman–Crippen LogP) is 2.03. The third-order valence-corrected chi connectivity index (χ3v) is 3.82. The Morgan fingerprint density at radius 2 is 2.32 bits per heavy atom. The molecular weight excluding hydrogens is 267 g/mol. The fourth-order valence-electron chi connectivity index (χ4n) is 2.49. The number of nitrogens with zero attached hydrogens (tertiary/aromatic N) is 1. The lowest BCUT2D eigenvalue weighted by Crippen LogP contribution is -2.38. The molecule has 106 valence electrons. The molecule has 0 aliphatic carbocycles. The number of nitrogens with one attached hydrogen (secondary N) is 1. The van der Waals surface area contributed by atoms with Crippen molar-refractivity contribution in [2.75, 3.05) is 26.2 Å². The van der Waals surface area contributed by atoms with Gasteiger partial charge < -0.3 is 10.4 Å². The third-order valence-electron chi connectivity index (χ3n) is 3.47. The van der Waals surface area contributed by atoms with Crippen LogP contribution in [0.4, 0.5) is 4.39 Å². The number of hydrogen-bond donors (Lipinski definition) is 2. The highest BCUT2D eigenvalue weighted by Crippen LogP contribution is 2.19. The lowest BCUT2D eigenvalue weighted by Gasteiger charge is -2.25. The molecule has 0 aromatic heterocycles. The molecule has 0 bridgehead atoms. The Morgan fingerprint density at radius 1 is 1.47 bits per heavy atom. The highest BCUT2D eigenvalue weighted by molar-refractivity contribution is 6.31. The second kappa shape index (κ2) is 7.20. The molecule has 0 saturated carbocycles. The van der Waals surface area contributed by atoms with E-state index in [-0.39, 0.29) is 12.4 Å². The van der Waals surface area contributed by atoms with Crippen molar-refractivity contribution in [2.45, 2.75) is 25.4 Å². The Bertz CT molecular complexity index is 410. The van der Waals surface area contributed by atoms with Gasteiger partial charge in [0.2, 0.25) is 0 Å². The third kappa shape index (κ3) is 4.42. The van der Waals surface area contributed by atoms with Crippen molar-refractivity contribution in [3.8, 4) is 0 Å². The molecule has 5 heteroatoms. The normalized spacial score (nSPS) is 19.3. The smallest absolute Gasteiger partial charge is 0.124 e.